The van der Waals surface area contributed by atoms with Crippen LogP contribution in [0.5, 0.6) is 5.75 Å². The first-order chi connectivity index (χ1) is 28.9. The second-order valence-corrected chi connectivity index (χ2v) is 15.8. The molecule has 0 saturated carbocycles. The first-order valence-electron chi connectivity index (χ1n) is 20.4. The summed E-state index contributed by atoms with van der Waals surface area (Å²) >= 11 is 0. The lowest BCUT2D eigenvalue weighted by Gasteiger charge is -2.41. The van der Waals surface area contributed by atoms with Crippen LogP contribution in [0.4, 0.5) is 10.2 Å². The Balaban J connectivity index is 1.10. The maximum absolute atomic E-state index is 15.8. The van der Waals surface area contributed by atoms with Crippen molar-refractivity contribution in [1.82, 2.24) is 9.38 Å². The lowest BCUT2D eigenvalue weighted by molar-refractivity contribution is -0.131. The molecule has 0 spiro atoms. The smallest absolute Gasteiger partial charge is 0.377 e. The lowest BCUT2D eigenvalue weighted by Crippen LogP contribution is -2.46. The molecule has 312 valence electrons. The second-order valence-electron chi connectivity index (χ2n) is 15.8. The number of piperidine rings is 1. The summed E-state index contributed by atoms with van der Waals surface area (Å²) in [6, 6.07) is 30.6. The van der Waals surface area contributed by atoms with Crippen molar-refractivity contribution in [1.29, 1.82) is 0 Å². The number of carbonyl (C=O) groups is 2. The van der Waals surface area contributed by atoms with Crippen molar-refractivity contribution >= 4 is 23.2 Å². The third-order valence-electron chi connectivity index (χ3n) is 11.3. The fraction of sp³-hybridized carbons (Fsp3) is 0.327. The molecule has 4 aromatic carbocycles. The predicted octanol–water partition coefficient (Wildman–Crippen LogP) is 9.58. The summed E-state index contributed by atoms with van der Waals surface area (Å²) in [5.41, 5.74) is 6.63. The summed E-state index contributed by atoms with van der Waals surface area (Å²) in [4.78, 5) is 32.9. The van der Waals surface area contributed by atoms with Gasteiger partial charge in [-0.25, -0.2) is 14.2 Å². The van der Waals surface area contributed by atoms with E-state index in [4.69, 9.17) is 23.9 Å². The maximum atomic E-state index is 15.8. The van der Waals surface area contributed by atoms with Gasteiger partial charge in [-0.3, -0.25) is 9.20 Å². The van der Waals surface area contributed by atoms with Crippen molar-refractivity contribution in [2.75, 3.05) is 37.8 Å². The molecule has 1 aliphatic heterocycles. The van der Waals surface area contributed by atoms with Gasteiger partial charge in [0.25, 0.3) is 5.78 Å². The minimum atomic E-state index is -1.53. The predicted molar refractivity (Wildman–Crippen MR) is 230 cm³/mol. The highest BCUT2D eigenvalue weighted by Gasteiger charge is 2.35. The van der Waals surface area contributed by atoms with E-state index >= 15 is 4.39 Å². The number of Topliss-reactive ketones (excluding diaryl/α,β-unsaturated/α-hetero) is 1. The number of halogens is 1. The molecule has 1 saturated heterocycles. The van der Waals surface area contributed by atoms with Crippen LogP contribution in [0.25, 0.3) is 28.0 Å². The number of carbonyl (C=O) groups excluding carboxylic acids is 1. The number of imidazole rings is 1. The summed E-state index contributed by atoms with van der Waals surface area (Å²) in [5.74, 6) is -2.00. The fourth-order valence-electron chi connectivity index (χ4n) is 7.74. The third kappa shape index (κ3) is 9.60. The van der Waals surface area contributed by atoms with Gasteiger partial charge in [0, 0.05) is 24.8 Å². The number of pyridine rings is 1. The summed E-state index contributed by atoms with van der Waals surface area (Å²) < 4.78 is 42.0. The molecule has 1 N–H and O–H groups in total. The highest BCUT2D eigenvalue weighted by Crippen LogP contribution is 2.39. The topological polar surface area (TPSA) is 112 Å². The lowest BCUT2D eigenvalue weighted by atomic mass is 9.92. The van der Waals surface area contributed by atoms with Crippen LogP contribution in [-0.4, -0.2) is 70.9 Å². The number of nitrogens with zero attached hydrogens (tertiary/aromatic N) is 3. The first-order valence-corrected chi connectivity index (χ1v) is 20.4. The number of aryl methyl sites for hydroxylation is 2. The number of rotatable bonds is 17. The Morgan fingerprint density at radius 2 is 1.52 bits per heavy atom. The molecule has 0 aliphatic carbocycles. The summed E-state index contributed by atoms with van der Waals surface area (Å²) in [5, 5.41) is 10.00. The van der Waals surface area contributed by atoms with Crippen LogP contribution in [0.15, 0.2) is 103 Å². The normalized spacial score (nSPS) is 14.3. The Hall–Kier alpha value is -5.88. The van der Waals surface area contributed by atoms with Crippen molar-refractivity contribution in [3.05, 3.63) is 142 Å². The molecule has 2 aromatic heterocycles. The number of benzene rings is 4. The summed E-state index contributed by atoms with van der Waals surface area (Å²) in [6.07, 6.45) is 3.04. The number of anilines is 1. The number of hydrogen-bond acceptors (Lipinski definition) is 8. The zero-order chi connectivity index (χ0) is 42.4. The van der Waals surface area contributed by atoms with Gasteiger partial charge in [-0.1, -0.05) is 78.9 Å². The standard InChI is InChI=1S/C49H52FN3O7/c1-32-25-40(50)44(42(26-32)59-31-37-15-10-7-11-16-37)39-18-12-17-38(27-39)41-28-53-46(51-41)35(4)34(3)43(45(54)48(55)56)47(53)52-21-19-49(5,20-22-52)60-24-23-57-29-33(2)58-30-36-13-8-6-9-14-36/h6-18,25-28,33H,19-24,29-31H2,1-5H3,(H,55,56)/t33-/m1/s1. The van der Waals surface area contributed by atoms with E-state index in [0.29, 0.717) is 97.5 Å². The first kappa shape index (κ1) is 42.3. The van der Waals surface area contributed by atoms with Crippen molar-refractivity contribution in [3.8, 4) is 28.1 Å². The average molecular weight is 814 g/mol. The Kier molecular flexibility index (Phi) is 13.1. The van der Waals surface area contributed by atoms with E-state index in [0.717, 1.165) is 22.3 Å². The fourth-order valence-corrected chi connectivity index (χ4v) is 7.74. The quantitative estimate of drug-likeness (QED) is 0.0547. The molecule has 6 aromatic rings. The Morgan fingerprint density at radius 1 is 0.850 bits per heavy atom. The second kappa shape index (κ2) is 18.6. The number of hydrogen-bond donors (Lipinski definition) is 1. The molecular weight excluding hydrogens is 762 g/mol. The largest absolute Gasteiger partial charge is 0.488 e. The van der Waals surface area contributed by atoms with E-state index in [9.17, 15) is 14.7 Å². The summed E-state index contributed by atoms with van der Waals surface area (Å²) in [6.45, 7) is 12.6. The number of ketones is 1. The van der Waals surface area contributed by atoms with Crippen LogP contribution < -0.4 is 9.64 Å². The van der Waals surface area contributed by atoms with Gasteiger partial charge in [0.1, 0.15) is 29.6 Å². The van der Waals surface area contributed by atoms with Crippen molar-refractivity contribution in [2.24, 2.45) is 0 Å². The van der Waals surface area contributed by atoms with Gasteiger partial charge in [0.2, 0.25) is 0 Å². The van der Waals surface area contributed by atoms with Gasteiger partial charge >= 0.3 is 5.97 Å². The van der Waals surface area contributed by atoms with Gasteiger partial charge in [-0.2, -0.15) is 0 Å². The molecule has 1 atom stereocenters. The van der Waals surface area contributed by atoms with Gasteiger partial charge in [0.05, 0.1) is 55.0 Å². The maximum Gasteiger partial charge on any atom is 0.377 e. The molecule has 3 heterocycles. The zero-order valence-corrected chi connectivity index (χ0v) is 34.9. The summed E-state index contributed by atoms with van der Waals surface area (Å²) in [7, 11) is 0. The molecule has 7 rings (SSSR count). The van der Waals surface area contributed by atoms with Crippen LogP contribution in [0, 0.1) is 26.6 Å². The van der Waals surface area contributed by atoms with Crippen LogP contribution in [0.1, 0.15) is 64.9 Å². The van der Waals surface area contributed by atoms with Gasteiger partial charge in [-0.05, 0) is 99.0 Å². The SMILES string of the molecule is Cc1cc(F)c(-c2cccc(-c3cn4c(N5CCC(C)(OCCOC[C@@H](C)OCc6ccccc6)CC5)c(C(=O)C(=O)O)c(C)c(C)c4n3)c2)c(OCc2ccccc2)c1. The van der Waals surface area contributed by atoms with E-state index in [1.54, 1.807) is 6.92 Å². The van der Waals surface area contributed by atoms with Gasteiger partial charge < -0.3 is 29.0 Å². The van der Waals surface area contributed by atoms with Gasteiger partial charge in [0.15, 0.2) is 0 Å². The number of fused-ring (bicyclic) bond motifs is 1. The Bertz CT molecular complexity index is 2460. The number of ether oxygens (including phenoxy) is 4. The molecular formula is C49H52FN3O7. The van der Waals surface area contributed by atoms with Crippen molar-refractivity contribution in [3.63, 3.8) is 0 Å². The molecule has 0 bridgehead atoms. The number of carboxylic acids is 1. The minimum Gasteiger partial charge on any atom is -0.488 e. The van der Waals surface area contributed by atoms with Gasteiger partial charge in [-0.15, -0.1) is 0 Å². The number of aliphatic carboxylic acids is 1. The molecule has 0 radical (unpaired) electrons. The van der Waals surface area contributed by atoms with Crippen LogP contribution in [0.2, 0.25) is 0 Å². The van der Waals surface area contributed by atoms with E-state index in [1.807, 2.05) is 122 Å². The molecule has 1 aliphatic rings. The Morgan fingerprint density at radius 3 is 2.20 bits per heavy atom. The highest BCUT2D eigenvalue weighted by atomic mass is 19.1. The number of aromatic nitrogens is 2. The highest BCUT2D eigenvalue weighted by molar-refractivity contribution is 6.41. The molecule has 60 heavy (non-hydrogen) atoms. The van der Waals surface area contributed by atoms with Crippen molar-refractivity contribution in [2.45, 2.75) is 72.4 Å². The molecule has 1 fully saturated rings. The van der Waals surface area contributed by atoms with E-state index in [-0.39, 0.29) is 18.3 Å². The molecule has 0 unspecified atom stereocenters. The Labute approximate surface area is 350 Å². The monoisotopic (exact) mass is 813 g/mol. The van der Waals surface area contributed by atoms with E-state index in [2.05, 4.69) is 11.8 Å². The molecule has 0 amide bonds. The van der Waals surface area contributed by atoms with E-state index < -0.39 is 23.2 Å². The van der Waals surface area contributed by atoms with Crippen LogP contribution >= 0.6 is 0 Å². The molecule has 10 nitrogen and oxygen atoms in total. The molecule has 11 heteroatoms. The third-order valence-corrected chi connectivity index (χ3v) is 11.3. The van der Waals surface area contributed by atoms with Crippen molar-refractivity contribution < 1.29 is 38.0 Å². The van der Waals surface area contributed by atoms with E-state index in [1.165, 1.54) is 6.07 Å². The zero-order valence-electron chi connectivity index (χ0n) is 34.9. The minimum absolute atomic E-state index is 0.0667. The number of carboxylic acid groups (broad SMARTS) is 1. The average Bonchev–Trinajstić information content (AvgIpc) is 3.70. The van der Waals surface area contributed by atoms with Crippen LogP contribution in [-0.2, 0) is 32.2 Å². The van der Waals surface area contributed by atoms with Crippen LogP contribution in [0.3, 0.4) is 0 Å².